The number of hydrogen-bond donors (Lipinski definition) is 3. The molecule has 3 N–H and O–H groups in total. The van der Waals surface area contributed by atoms with E-state index in [-0.39, 0.29) is 0 Å². The molecule has 2 heterocycles. The molecule has 1 aliphatic rings. The Hall–Kier alpha value is -1.87. The van der Waals surface area contributed by atoms with Crippen LogP contribution in [0.2, 0.25) is 10.0 Å². The highest BCUT2D eigenvalue weighted by Crippen LogP contribution is 2.34. The van der Waals surface area contributed by atoms with Gasteiger partial charge in [-0.05, 0) is 32.1 Å². The van der Waals surface area contributed by atoms with Crippen LogP contribution in [0.5, 0.6) is 0 Å². The number of aromatic nitrogens is 1. The Labute approximate surface area is 186 Å². The monoisotopic (exact) mass is 471 g/mol. The van der Waals surface area contributed by atoms with E-state index in [1.807, 2.05) is 23.6 Å². The summed E-state index contributed by atoms with van der Waals surface area (Å²) < 4.78 is 5.55. The van der Waals surface area contributed by atoms with Crippen molar-refractivity contribution in [2.45, 2.75) is 29.4 Å². The maximum Gasteiger partial charge on any atom is 0.319 e. The highest BCUT2D eigenvalue weighted by Gasteiger charge is 2.29. The molecule has 0 fully saturated rings. The van der Waals surface area contributed by atoms with Gasteiger partial charge in [-0.2, -0.15) is 0 Å². The minimum absolute atomic E-state index is 0.437. The summed E-state index contributed by atoms with van der Waals surface area (Å²) in [6, 6.07) is 5.40. The molecular formula is C19H19Cl2N3O3S2. The lowest BCUT2D eigenvalue weighted by Gasteiger charge is -2.20. The molecule has 0 bridgehead atoms. The molecule has 0 atom stereocenters. The molecular weight excluding hydrogens is 453 g/mol. The minimum Gasteiger partial charge on any atom is -0.480 e. The number of carboxylic acid groups (broad SMARTS) is 1. The number of aliphatic carboxylic acids is 1. The van der Waals surface area contributed by atoms with Gasteiger partial charge < -0.3 is 9.84 Å². The Balaban J connectivity index is 1.51. The van der Waals surface area contributed by atoms with E-state index in [4.69, 9.17) is 27.9 Å². The zero-order valence-electron chi connectivity index (χ0n) is 15.7. The van der Waals surface area contributed by atoms with Gasteiger partial charge in [0, 0.05) is 23.4 Å². The van der Waals surface area contributed by atoms with E-state index in [2.05, 4.69) is 15.8 Å². The van der Waals surface area contributed by atoms with Crippen molar-refractivity contribution >= 4 is 58.0 Å². The summed E-state index contributed by atoms with van der Waals surface area (Å²) in [6.45, 7) is 3.77. The zero-order valence-corrected chi connectivity index (χ0v) is 18.8. The van der Waals surface area contributed by atoms with Crippen molar-refractivity contribution in [2.24, 2.45) is 0 Å². The van der Waals surface area contributed by atoms with E-state index in [1.165, 1.54) is 23.1 Å². The molecule has 0 aliphatic carbocycles. The van der Waals surface area contributed by atoms with Crippen molar-refractivity contribution in [2.75, 3.05) is 6.61 Å². The molecule has 1 aromatic carbocycles. The molecule has 0 spiro atoms. The quantitative estimate of drug-likeness (QED) is 0.469. The number of nitrogens with zero attached hydrogens (tertiary/aromatic N) is 1. The molecule has 6 nitrogen and oxygen atoms in total. The first-order chi connectivity index (χ1) is 13.7. The number of hydrogen-bond acceptors (Lipinski definition) is 7. The van der Waals surface area contributed by atoms with E-state index in [1.54, 1.807) is 26.0 Å². The number of hydrazine groups is 1. The Kier molecular flexibility index (Phi) is 7.00. The summed E-state index contributed by atoms with van der Waals surface area (Å²) in [5.41, 5.74) is 8.68. The molecule has 154 valence electrons. The standard InChI is InChI=1S/C19H19Cl2N3O3S2/c1-19(2,17(25)26)29-18-22-12(10-28-18)7-8-27-16-6-5-15(23-24-16)11-3-4-13(20)14(21)9-11/h3-6,9-10,23-24H,7-8H2,1-2H3,(H,25,26). The normalized spacial score (nSPS) is 13.8. The number of nitrogens with one attached hydrogen (secondary N) is 2. The van der Waals surface area contributed by atoms with E-state index < -0.39 is 10.7 Å². The number of rotatable bonds is 8. The maximum atomic E-state index is 11.2. The fraction of sp³-hybridized carbons (Fsp3) is 0.263. The number of ether oxygens (including phenoxy) is 1. The van der Waals surface area contributed by atoms with Gasteiger partial charge in [0.25, 0.3) is 0 Å². The predicted molar refractivity (Wildman–Crippen MR) is 118 cm³/mol. The van der Waals surface area contributed by atoms with Crippen molar-refractivity contribution in [3.63, 3.8) is 0 Å². The third-order valence-electron chi connectivity index (χ3n) is 3.96. The van der Waals surface area contributed by atoms with Crippen LogP contribution in [0.15, 0.2) is 46.0 Å². The van der Waals surface area contributed by atoms with Crippen LogP contribution < -0.4 is 10.9 Å². The highest BCUT2D eigenvalue weighted by molar-refractivity contribution is 8.02. The van der Waals surface area contributed by atoms with Crippen LogP contribution in [-0.2, 0) is 16.0 Å². The first-order valence-electron chi connectivity index (χ1n) is 8.63. The third-order valence-corrected chi connectivity index (χ3v) is 6.87. The number of allylic oxidation sites excluding steroid dienone is 2. The van der Waals surface area contributed by atoms with Crippen LogP contribution in [0, 0.1) is 0 Å². The number of thiazole rings is 1. The van der Waals surface area contributed by atoms with Gasteiger partial charge in [-0.15, -0.1) is 11.3 Å². The van der Waals surface area contributed by atoms with Gasteiger partial charge in [-0.3, -0.25) is 15.6 Å². The minimum atomic E-state index is -0.910. The summed E-state index contributed by atoms with van der Waals surface area (Å²) in [6.07, 6.45) is 4.33. The van der Waals surface area contributed by atoms with Crippen LogP contribution in [-0.4, -0.2) is 27.4 Å². The van der Waals surface area contributed by atoms with Crippen LogP contribution in [0.25, 0.3) is 5.70 Å². The molecule has 0 saturated carbocycles. The largest absolute Gasteiger partial charge is 0.480 e. The van der Waals surface area contributed by atoms with Crippen molar-refractivity contribution in [1.82, 2.24) is 15.8 Å². The third kappa shape index (κ3) is 5.82. The van der Waals surface area contributed by atoms with Crippen LogP contribution in [0.3, 0.4) is 0 Å². The fourth-order valence-corrected chi connectivity index (χ4v) is 4.79. The summed E-state index contributed by atoms with van der Waals surface area (Å²) in [7, 11) is 0. The predicted octanol–water partition coefficient (Wildman–Crippen LogP) is 4.95. The number of carbonyl (C=O) groups is 1. The van der Waals surface area contributed by atoms with Gasteiger partial charge in [-0.25, -0.2) is 4.98 Å². The Morgan fingerprint density at radius 3 is 2.72 bits per heavy atom. The van der Waals surface area contributed by atoms with Crippen LogP contribution in [0.4, 0.5) is 0 Å². The Morgan fingerprint density at radius 2 is 2.07 bits per heavy atom. The lowest BCUT2D eigenvalue weighted by molar-refractivity contribution is -0.138. The molecule has 1 aromatic heterocycles. The summed E-state index contributed by atoms with van der Waals surface area (Å²) in [5.74, 6) is -0.274. The lowest BCUT2D eigenvalue weighted by Crippen LogP contribution is -2.33. The Morgan fingerprint density at radius 1 is 1.28 bits per heavy atom. The van der Waals surface area contributed by atoms with E-state index in [0.29, 0.717) is 29.0 Å². The maximum absolute atomic E-state index is 11.2. The SMILES string of the molecule is CC(C)(Sc1nc(CCOC2=CC=C(c3ccc(Cl)c(Cl)c3)NN2)cs1)C(=O)O. The van der Waals surface area contributed by atoms with Crippen molar-refractivity contribution in [3.8, 4) is 0 Å². The fourth-order valence-electron chi connectivity index (χ4n) is 2.27. The molecule has 0 unspecified atom stereocenters. The van der Waals surface area contributed by atoms with Gasteiger partial charge in [0.1, 0.15) is 4.75 Å². The second kappa shape index (κ2) is 9.30. The van der Waals surface area contributed by atoms with Crippen molar-refractivity contribution in [1.29, 1.82) is 0 Å². The second-order valence-corrected chi connectivity index (χ2v) is 10.2. The summed E-state index contributed by atoms with van der Waals surface area (Å²) >= 11 is 14.7. The molecule has 0 saturated heterocycles. The van der Waals surface area contributed by atoms with Gasteiger partial charge in [0.15, 0.2) is 4.34 Å². The topological polar surface area (TPSA) is 83.5 Å². The summed E-state index contributed by atoms with van der Waals surface area (Å²) in [5, 5.41) is 12.1. The molecule has 1 aliphatic heterocycles. The lowest BCUT2D eigenvalue weighted by atomic mass is 10.1. The van der Waals surface area contributed by atoms with Crippen molar-refractivity contribution in [3.05, 3.63) is 62.9 Å². The van der Waals surface area contributed by atoms with E-state index in [9.17, 15) is 9.90 Å². The zero-order chi connectivity index (χ0) is 21.0. The highest BCUT2D eigenvalue weighted by atomic mass is 35.5. The van der Waals surface area contributed by atoms with E-state index >= 15 is 0 Å². The average molecular weight is 472 g/mol. The first kappa shape index (κ1) is 21.8. The van der Waals surface area contributed by atoms with E-state index in [0.717, 1.165) is 21.3 Å². The van der Waals surface area contributed by atoms with Crippen molar-refractivity contribution < 1.29 is 14.6 Å². The number of thioether (sulfide) groups is 1. The molecule has 3 rings (SSSR count). The molecule has 0 radical (unpaired) electrons. The van der Waals surface area contributed by atoms with Gasteiger partial charge in [-0.1, -0.05) is 41.0 Å². The molecule has 10 heteroatoms. The van der Waals surface area contributed by atoms with Gasteiger partial charge >= 0.3 is 5.97 Å². The van der Waals surface area contributed by atoms with Gasteiger partial charge in [0.05, 0.1) is 28.0 Å². The Bertz CT molecular complexity index is 973. The number of carboxylic acids is 1. The van der Waals surface area contributed by atoms with Crippen LogP contribution >= 0.6 is 46.3 Å². The molecule has 0 amide bonds. The number of halogens is 2. The molecule has 2 aromatic rings. The van der Waals surface area contributed by atoms with Gasteiger partial charge in [0.2, 0.25) is 5.88 Å². The molecule has 29 heavy (non-hydrogen) atoms. The smallest absolute Gasteiger partial charge is 0.319 e. The van der Waals surface area contributed by atoms with Crippen LogP contribution in [0.1, 0.15) is 25.1 Å². The first-order valence-corrected chi connectivity index (χ1v) is 11.1. The average Bonchev–Trinajstić information content (AvgIpc) is 3.11. The summed E-state index contributed by atoms with van der Waals surface area (Å²) in [4.78, 5) is 15.7. The second-order valence-electron chi connectivity index (χ2n) is 6.61. The number of benzene rings is 1.